The summed E-state index contributed by atoms with van der Waals surface area (Å²) in [7, 11) is 0. The fraction of sp³-hybridized carbons (Fsp3) is 0.500. The summed E-state index contributed by atoms with van der Waals surface area (Å²) in [6, 6.07) is 3.86. The Morgan fingerprint density at radius 2 is 2.13 bits per heavy atom. The van der Waals surface area contributed by atoms with Crippen molar-refractivity contribution in [3.8, 4) is 0 Å². The van der Waals surface area contributed by atoms with Crippen LogP contribution in [-0.4, -0.2) is 10.9 Å². The van der Waals surface area contributed by atoms with Crippen molar-refractivity contribution in [1.29, 1.82) is 0 Å². The van der Waals surface area contributed by atoms with E-state index in [9.17, 15) is 4.79 Å². The van der Waals surface area contributed by atoms with Gasteiger partial charge >= 0.3 is 0 Å². The Labute approximate surface area is 90.9 Å². The smallest absolute Gasteiger partial charge is 0.230 e. The summed E-state index contributed by atoms with van der Waals surface area (Å²) in [5, 5.41) is 2.81. The van der Waals surface area contributed by atoms with Crippen LogP contribution in [0.25, 0.3) is 0 Å². The normalized spacial score (nSPS) is 11.2. The topological polar surface area (TPSA) is 42.0 Å². The summed E-state index contributed by atoms with van der Waals surface area (Å²) in [6.45, 7) is 7.72. The number of anilines is 1. The van der Waals surface area contributed by atoms with E-state index in [-0.39, 0.29) is 11.3 Å². The average Bonchev–Trinajstić information content (AvgIpc) is 2.16. The minimum atomic E-state index is -0.385. The van der Waals surface area contributed by atoms with E-state index in [1.54, 1.807) is 6.20 Å². The molecule has 1 aromatic heterocycles. The quantitative estimate of drug-likeness (QED) is 0.808. The highest BCUT2D eigenvalue weighted by molar-refractivity contribution is 5.93. The zero-order chi connectivity index (χ0) is 11.5. The van der Waals surface area contributed by atoms with E-state index in [2.05, 4.69) is 17.2 Å². The third-order valence-electron chi connectivity index (χ3n) is 2.16. The second-order valence-electron chi connectivity index (χ2n) is 4.61. The van der Waals surface area contributed by atoms with Crippen LogP contribution in [0.4, 0.5) is 5.82 Å². The van der Waals surface area contributed by atoms with E-state index < -0.39 is 0 Å². The Balaban J connectivity index is 2.77. The lowest BCUT2D eigenvalue weighted by atomic mass is 9.96. The van der Waals surface area contributed by atoms with Crippen LogP contribution in [0, 0.1) is 5.41 Å². The predicted octanol–water partition coefficient (Wildman–Crippen LogP) is 2.63. The van der Waals surface area contributed by atoms with Crippen molar-refractivity contribution in [2.45, 2.75) is 34.1 Å². The van der Waals surface area contributed by atoms with Crippen LogP contribution in [0.2, 0.25) is 0 Å². The molecule has 1 rings (SSSR count). The molecule has 0 spiro atoms. The lowest BCUT2D eigenvalue weighted by Crippen LogP contribution is -2.28. The molecule has 82 valence electrons. The van der Waals surface area contributed by atoms with Crippen LogP contribution in [-0.2, 0) is 11.2 Å². The summed E-state index contributed by atoms with van der Waals surface area (Å²) < 4.78 is 0. The third-order valence-corrected chi connectivity index (χ3v) is 2.16. The van der Waals surface area contributed by atoms with Crippen molar-refractivity contribution in [3.05, 3.63) is 23.9 Å². The third kappa shape index (κ3) is 3.35. The summed E-state index contributed by atoms with van der Waals surface area (Å²) in [4.78, 5) is 15.8. The largest absolute Gasteiger partial charge is 0.310 e. The monoisotopic (exact) mass is 206 g/mol. The molecule has 0 aromatic carbocycles. The molecule has 0 aliphatic carbocycles. The fourth-order valence-corrected chi connectivity index (χ4v) is 1.07. The first-order valence-corrected chi connectivity index (χ1v) is 5.20. The molecule has 0 saturated carbocycles. The van der Waals surface area contributed by atoms with Crippen molar-refractivity contribution in [3.63, 3.8) is 0 Å². The van der Waals surface area contributed by atoms with E-state index in [4.69, 9.17) is 0 Å². The molecule has 1 aromatic rings. The molecule has 0 radical (unpaired) electrons. The lowest BCUT2D eigenvalue weighted by Gasteiger charge is -2.17. The summed E-state index contributed by atoms with van der Waals surface area (Å²) in [5.74, 6) is 0.623. The van der Waals surface area contributed by atoms with Crippen molar-refractivity contribution >= 4 is 11.7 Å². The molecule has 1 N–H and O–H groups in total. The molecule has 1 amide bonds. The van der Waals surface area contributed by atoms with Crippen LogP contribution in [0.15, 0.2) is 18.3 Å². The molecular formula is C12H18N2O. The number of hydrogen-bond donors (Lipinski definition) is 1. The second-order valence-corrected chi connectivity index (χ2v) is 4.61. The average molecular weight is 206 g/mol. The van der Waals surface area contributed by atoms with Gasteiger partial charge in [0.2, 0.25) is 5.91 Å². The van der Waals surface area contributed by atoms with Crippen LogP contribution in [0.1, 0.15) is 33.3 Å². The van der Waals surface area contributed by atoms with Crippen molar-refractivity contribution < 1.29 is 4.79 Å². The molecule has 0 aliphatic rings. The molecule has 0 atom stereocenters. The number of nitrogens with zero attached hydrogens (tertiary/aromatic N) is 1. The highest BCUT2D eigenvalue weighted by atomic mass is 16.2. The van der Waals surface area contributed by atoms with Gasteiger partial charge in [-0.3, -0.25) is 4.79 Å². The van der Waals surface area contributed by atoms with Gasteiger partial charge in [0, 0.05) is 11.6 Å². The number of nitrogens with one attached hydrogen (secondary N) is 1. The first-order valence-electron chi connectivity index (χ1n) is 5.20. The Morgan fingerprint density at radius 1 is 1.47 bits per heavy atom. The SMILES string of the molecule is CCc1ccnc(NC(=O)C(C)(C)C)c1. The van der Waals surface area contributed by atoms with Crippen LogP contribution in [0.5, 0.6) is 0 Å². The van der Waals surface area contributed by atoms with Gasteiger partial charge in [0.25, 0.3) is 0 Å². The number of carbonyl (C=O) groups excluding carboxylic acids is 1. The minimum absolute atomic E-state index is 0.0109. The minimum Gasteiger partial charge on any atom is -0.310 e. The molecule has 0 fully saturated rings. The van der Waals surface area contributed by atoms with Gasteiger partial charge in [-0.15, -0.1) is 0 Å². The van der Waals surface area contributed by atoms with Gasteiger partial charge in [-0.25, -0.2) is 4.98 Å². The molecule has 0 saturated heterocycles. The van der Waals surface area contributed by atoms with Gasteiger partial charge in [0.1, 0.15) is 5.82 Å². The van der Waals surface area contributed by atoms with Crippen LogP contribution >= 0.6 is 0 Å². The first-order chi connectivity index (χ1) is 6.93. The Bertz CT molecular complexity index is 353. The molecule has 3 heteroatoms. The fourth-order valence-electron chi connectivity index (χ4n) is 1.07. The molecule has 15 heavy (non-hydrogen) atoms. The number of carbonyl (C=O) groups is 1. The Kier molecular flexibility index (Phi) is 3.45. The van der Waals surface area contributed by atoms with E-state index >= 15 is 0 Å². The van der Waals surface area contributed by atoms with E-state index in [1.807, 2.05) is 32.9 Å². The van der Waals surface area contributed by atoms with Gasteiger partial charge in [0.05, 0.1) is 0 Å². The first kappa shape index (κ1) is 11.7. The highest BCUT2D eigenvalue weighted by Gasteiger charge is 2.21. The van der Waals surface area contributed by atoms with E-state index in [0.717, 1.165) is 6.42 Å². The number of pyridine rings is 1. The predicted molar refractivity (Wildman–Crippen MR) is 61.7 cm³/mol. The summed E-state index contributed by atoms with van der Waals surface area (Å²) in [6.07, 6.45) is 2.66. The molecule has 0 bridgehead atoms. The molecule has 3 nitrogen and oxygen atoms in total. The standard InChI is InChI=1S/C12H18N2O/c1-5-9-6-7-13-10(8-9)14-11(15)12(2,3)4/h6-8H,5H2,1-4H3,(H,13,14,15). The zero-order valence-electron chi connectivity index (χ0n) is 9.79. The number of hydrogen-bond acceptors (Lipinski definition) is 2. The summed E-state index contributed by atoms with van der Waals surface area (Å²) in [5.41, 5.74) is 0.790. The van der Waals surface area contributed by atoms with Crippen LogP contribution < -0.4 is 5.32 Å². The van der Waals surface area contributed by atoms with Gasteiger partial charge in [-0.1, -0.05) is 27.7 Å². The molecule has 1 heterocycles. The maximum atomic E-state index is 11.7. The Hall–Kier alpha value is -1.38. The van der Waals surface area contributed by atoms with Gasteiger partial charge < -0.3 is 5.32 Å². The molecule has 0 unspecified atom stereocenters. The van der Waals surface area contributed by atoms with Crippen molar-refractivity contribution in [2.24, 2.45) is 5.41 Å². The van der Waals surface area contributed by atoms with Crippen molar-refractivity contribution in [2.75, 3.05) is 5.32 Å². The van der Waals surface area contributed by atoms with E-state index in [0.29, 0.717) is 5.82 Å². The number of aromatic nitrogens is 1. The number of rotatable bonds is 2. The van der Waals surface area contributed by atoms with Crippen LogP contribution in [0.3, 0.4) is 0 Å². The molecule has 0 aliphatic heterocycles. The highest BCUT2D eigenvalue weighted by Crippen LogP contribution is 2.16. The maximum Gasteiger partial charge on any atom is 0.230 e. The van der Waals surface area contributed by atoms with Gasteiger partial charge in [-0.05, 0) is 24.1 Å². The maximum absolute atomic E-state index is 11.7. The number of aryl methyl sites for hydroxylation is 1. The van der Waals surface area contributed by atoms with Gasteiger partial charge in [-0.2, -0.15) is 0 Å². The Morgan fingerprint density at radius 3 is 2.67 bits per heavy atom. The lowest BCUT2D eigenvalue weighted by molar-refractivity contribution is -0.123. The van der Waals surface area contributed by atoms with E-state index in [1.165, 1.54) is 5.56 Å². The second kappa shape index (κ2) is 4.43. The zero-order valence-corrected chi connectivity index (χ0v) is 9.79. The summed E-state index contributed by atoms with van der Waals surface area (Å²) >= 11 is 0. The molecular weight excluding hydrogens is 188 g/mol. The number of amides is 1. The van der Waals surface area contributed by atoms with Gasteiger partial charge in [0.15, 0.2) is 0 Å². The van der Waals surface area contributed by atoms with Crippen molar-refractivity contribution in [1.82, 2.24) is 4.98 Å².